The van der Waals surface area contributed by atoms with Gasteiger partial charge in [-0.05, 0) is 18.2 Å². The van der Waals surface area contributed by atoms with Crippen LogP contribution in [-0.4, -0.2) is 11.4 Å². The Hall–Kier alpha value is -0.250. The molecule has 0 aliphatic carbocycles. The summed E-state index contributed by atoms with van der Waals surface area (Å²) in [6.45, 7) is 3.26. The summed E-state index contributed by atoms with van der Waals surface area (Å²) in [6, 6.07) is 5.12. The van der Waals surface area contributed by atoms with Gasteiger partial charge in [0, 0.05) is 11.4 Å². The van der Waals surface area contributed by atoms with Crippen molar-refractivity contribution in [2.45, 2.75) is 6.29 Å². The van der Waals surface area contributed by atoms with E-state index in [-0.39, 0.29) is 0 Å². The molecule has 12 heavy (non-hydrogen) atoms. The number of hydrogen-bond acceptors (Lipinski definition) is 2. The van der Waals surface area contributed by atoms with Gasteiger partial charge < -0.3 is 9.84 Å². The molecule has 0 fully saturated rings. The molecule has 0 spiro atoms. The average molecular weight is 250 g/mol. The van der Waals surface area contributed by atoms with E-state index in [0.29, 0.717) is 10.8 Å². The van der Waals surface area contributed by atoms with Gasteiger partial charge in [-0.3, -0.25) is 0 Å². The van der Waals surface area contributed by atoms with Gasteiger partial charge in [-0.2, -0.15) is 0 Å². The first-order chi connectivity index (χ1) is 5.59. The van der Waals surface area contributed by atoms with Crippen molar-refractivity contribution in [1.82, 2.24) is 0 Å². The van der Waals surface area contributed by atoms with Crippen molar-refractivity contribution in [3.05, 3.63) is 34.6 Å². The highest BCUT2D eigenvalue weighted by molar-refractivity contribution is 9.10. The lowest BCUT2D eigenvalue weighted by Crippen LogP contribution is -2.10. The van der Waals surface area contributed by atoms with E-state index < -0.39 is 6.29 Å². The lowest BCUT2D eigenvalue weighted by molar-refractivity contribution is 0.0223. The van der Waals surface area contributed by atoms with Crippen molar-refractivity contribution < 1.29 is 9.84 Å². The summed E-state index contributed by atoms with van der Waals surface area (Å²) in [5.74, 6) is 0.411. The molecule has 0 heterocycles. The first-order valence-corrected chi connectivity index (χ1v) is 4.39. The number of rotatable bonds is 2. The fraction of sp³-hybridized carbons (Fsp3) is 0.125. The highest BCUT2D eigenvalue weighted by Gasteiger charge is 2.04. The molecule has 0 saturated carbocycles. The average Bonchev–Trinajstić information content (AvgIpc) is 1.96. The highest BCUT2D eigenvalue weighted by Crippen LogP contribution is 2.28. The lowest BCUT2D eigenvalue weighted by atomic mass is 10.3. The molecule has 0 amide bonds. The van der Waals surface area contributed by atoms with Gasteiger partial charge in [-0.15, -0.1) is 0 Å². The van der Waals surface area contributed by atoms with Crippen LogP contribution < -0.4 is 4.74 Å². The molecule has 0 aliphatic rings. The molecular weight excluding hydrogens is 243 g/mol. The molecule has 0 bridgehead atoms. The first kappa shape index (κ1) is 9.84. The lowest BCUT2D eigenvalue weighted by Gasteiger charge is -2.09. The SMILES string of the molecule is [CH2]C(O)Oc1cc(Br)ccc1Cl. The van der Waals surface area contributed by atoms with Crippen molar-refractivity contribution >= 4 is 27.5 Å². The van der Waals surface area contributed by atoms with Crippen LogP contribution in [0.4, 0.5) is 0 Å². The molecule has 1 radical (unpaired) electrons. The molecule has 1 rings (SSSR count). The second-order valence-corrected chi connectivity index (χ2v) is 3.47. The highest BCUT2D eigenvalue weighted by atomic mass is 79.9. The summed E-state index contributed by atoms with van der Waals surface area (Å²) in [7, 11) is 0. The van der Waals surface area contributed by atoms with Gasteiger partial charge in [-0.1, -0.05) is 27.5 Å². The van der Waals surface area contributed by atoms with Crippen molar-refractivity contribution in [2.75, 3.05) is 0 Å². The Morgan fingerprint density at radius 2 is 2.25 bits per heavy atom. The van der Waals surface area contributed by atoms with Crippen LogP contribution in [0.1, 0.15) is 0 Å². The Labute approximate surface area is 84.2 Å². The van der Waals surface area contributed by atoms with E-state index in [9.17, 15) is 0 Å². The van der Waals surface area contributed by atoms with E-state index in [1.807, 2.05) is 0 Å². The number of ether oxygens (including phenoxy) is 1. The number of hydrogen-bond donors (Lipinski definition) is 1. The van der Waals surface area contributed by atoms with E-state index >= 15 is 0 Å². The molecule has 65 valence electrons. The fourth-order valence-electron chi connectivity index (χ4n) is 0.714. The maximum atomic E-state index is 8.81. The molecular formula is C8H7BrClO2. The van der Waals surface area contributed by atoms with Gasteiger partial charge in [0.1, 0.15) is 5.75 Å². The molecule has 1 unspecified atom stereocenters. The maximum Gasteiger partial charge on any atom is 0.197 e. The van der Waals surface area contributed by atoms with Gasteiger partial charge in [-0.25, -0.2) is 0 Å². The third-order valence-electron chi connectivity index (χ3n) is 1.16. The standard InChI is InChI=1S/C8H7BrClO2/c1-5(11)12-8-4-6(9)2-3-7(8)10/h2-5,11H,1H2. The second kappa shape index (κ2) is 4.12. The molecule has 1 aromatic rings. The first-order valence-electron chi connectivity index (χ1n) is 3.22. The van der Waals surface area contributed by atoms with E-state index in [1.54, 1.807) is 18.2 Å². The zero-order valence-corrected chi connectivity index (χ0v) is 8.47. The van der Waals surface area contributed by atoms with E-state index in [4.69, 9.17) is 21.4 Å². The summed E-state index contributed by atoms with van der Waals surface area (Å²) in [6.07, 6.45) is -1.10. The predicted molar refractivity (Wildman–Crippen MR) is 51.1 cm³/mol. The Bertz CT molecular complexity index is 276. The third-order valence-corrected chi connectivity index (χ3v) is 1.96. The van der Waals surface area contributed by atoms with Crippen LogP contribution in [0.2, 0.25) is 5.02 Å². The topological polar surface area (TPSA) is 29.5 Å². The molecule has 1 aromatic carbocycles. The Morgan fingerprint density at radius 3 is 2.83 bits per heavy atom. The van der Waals surface area contributed by atoms with Crippen LogP contribution in [0.15, 0.2) is 22.7 Å². The van der Waals surface area contributed by atoms with Crippen molar-refractivity contribution in [3.63, 3.8) is 0 Å². The maximum absolute atomic E-state index is 8.81. The molecule has 0 aromatic heterocycles. The smallest absolute Gasteiger partial charge is 0.197 e. The summed E-state index contributed by atoms with van der Waals surface area (Å²) in [5.41, 5.74) is 0. The van der Waals surface area contributed by atoms with Crippen molar-refractivity contribution in [1.29, 1.82) is 0 Å². The third kappa shape index (κ3) is 2.66. The van der Waals surface area contributed by atoms with Crippen LogP contribution in [0.25, 0.3) is 0 Å². The summed E-state index contributed by atoms with van der Waals surface area (Å²) in [5, 5.41) is 9.26. The zero-order valence-electron chi connectivity index (χ0n) is 6.13. The molecule has 0 saturated heterocycles. The van der Waals surface area contributed by atoms with E-state index in [0.717, 1.165) is 4.47 Å². The summed E-state index contributed by atoms with van der Waals surface area (Å²) in [4.78, 5) is 0. The zero-order chi connectivity index (χ0) is 9.14. The predicted octanol–water partition coefficient (Wildman–Crippen LogP) is 2.63. The van der Waals surface area contributed by atoms with E-state index in [2.05, 4.69) is 22.9 Å². The molecule has 0 aliphatic heterocycles. The Kier molecular flexibility index (Phi) is 3.38. The number of aliphatic hydroxyl groups is 1. The normalized spacial score (nSPS) is 12.7. The van der Waals surface area contributed by atoms with Gasteiger partial charge in [0.2, 0.25) is 0 Å². The van der Waals surface area contributed by atoms with Crippen LogP contribution in [0, 0.1) is 6.92 Å². The van der Waals surface area contributed by atoms with Gasteiger partial charge in [0.15, 0.2) is 6.29 Å². The van der Waals surface area contributed by atoms with Gasteiger partial charge >= 0.3 is 0 Å². The number of halogens is 2. The molecule has 2 nitrogen and oxygen atoms in total. The van der Waals surface area contributed by atoms with Crippen molar-refractivity contribution in [3.8, 4) is 5.75 Å². The number of aliphatic hydroxyl groups excluding tert-OH is 1. The minimum Gasteiger partial charge on any atom is -0.464 e. The summed E-state index contributed by atoms with van der Waals surface area (Å²) >= 11 is 9.00. The summed E-state index contributed by atoms with van der Waals surface area (Å²) < 4.78 is 5.74. The van der Waals surface area contributed by atoms with Crippen LogP contribution >= 0.6 is 27.5 Å². The largest absolute Gasteiger partial charge is 0.464 e. The minimum atomic E-state index is -1.10. The van der Waals surface area contributed by atoms with Crippen LogP contribution in [-0.2, 0) is 0 Å². The van der Waals surface area contributed by atoms with Crippen molar-refractivity contribution in [2.24, 2.45) is 0 Å². The number of benzene rings is 1. The second-order valence-electron chi connectivity index (χ2n) is 2.15. The minimum absolute atomic E-state index is 0.411. The fourth-order valence-corrected chi connectivity index (χ4v) is 1.22. The Morgan fingerprint density at radius 1 is 1.58 bits per heavy atom. The molecule has 1 atom stereocenters. The van der Waals surface area contributed by atoms with Crippen LogP contribution in [0.5, 0.6) is 5.75 Å². The van der Waals surface area contributed by atoms with Gasteiger partial charge in [0.05, 0.1) is 5.02 Å². The molecule has 4 heteroatoms. The Balaban J connectivity index is 2.90. The van der Waals surface area contributed by atoms with E-state index in [1.165, 1.54) is 0 Å². The quantitative estimate of drug-likeness (QED) is 0.818. The molecule has 1 N–H and O–H groups in total. The van der Waals surface area contributed by atoms with Gasteiger partial charge in [0.25, 0.3) is 0 Å². The monoisotopic (exact) mass is 249 g/mol. The van der Waals surface area contributed by atoms with Crippen LogP contribution in [0.3, 0.4) is 0 Å².